The molecule has 0 aliphatic rings. The minimum absolute atomic E-state index is 0.129. The Labute approximate surface area is 204 Å². The molecule has 34 heavy (non-hydrogen) atoms. The standard InChI is InChI=1S/C30H39NO3/c1-28(2,3)21-14-16-25(33-7)23(18-21)30(32,27(31)20-12-10-9-11-13-20)24-19-22(29(4,5)6)15-17-26(24)34-8/h9-19,27,32H,31H2,1-8H3. The molecule has 3 N–H and O–H groups in total. The zero-order valence-electron chi connectivity index (χ0n) is 21.8. The van der Waals surface area contributed by atoms with Crippen molar-refractivity contribution in [2.24, 2.45) is 5.73 Å². The second-order valence-corrected chi connectivity index (χ2v) is 11.0. The van der Waals surface area contributed by atoms with E-state index in [1.54, 1.807) is 14.2 Å². The lowest BCUT2D eigenvalue weighted by Crippen LogP contribution is -2.41. The van der Waals surface area contributed by atoms with Crippen LogP contribution < -0.4 is 15.2 Å². The van der Waals surface area contributed by atoms with Gasteiger partial charge in [0.05, 0.1) is 20.3 Å². The Morgan fingerprint density at radius 1 is 0.676 bits per heavy atom. The van der Waals surface area contributed by atoms with E-state index in [2.05, 4.69) is 41.5 Å². The van der Waals surface area contributed by atoms with Crippen LogP contribution in [0.25, 0.3) is 0 Å². The maximum absolute atomic E-state index is 12.8. The summed E-state index contributed by atoms with van der Waals surface area (Å²) in [6, 6.07) is 20.9. The Hall–Kier alpha value is -2.82. The highest BCUT2D eigenvalue weighted by Gasteiger charge is 2.44. The van der Waals surface area contributed by atoms with Crippen molar-refractivity contribution in [1.29, 1.82) is 0 Å². The van der Waals surface area contributed by atoms with Gasteiger partial charge in [0.25, 0.3) is 0 Å². The molecule has 0 aliphatic carbocycles. The first-order valence-electron chi connectivity index (χ1n) is 11.7. The van der Waals surface area contributed by atoms with Crippen molar-refractivity contribution in [3.63, 3.8) is 0 Å². The third-order valence-corrected chi connectivity index (χ3v) is 6.56. The van der Waals surface area contributed by atoms with Crippen molar-refractivity contribution >= 4 is 0 Å². The van der Waals surface area contributed by atoms with Crippen molar-refractivity contribution in [3.8, 4) is 11.5 Å². The van der Waals surface area contributed by atoms with Gasteiger partial charge in [0.15, 0.2) is 0 Å². The first kappa shape index (κ1) is 25.8. The molecule has 0 aromatic heterocycles. The minimum atomic E-state index is -1.62. The van der Waals surface area contributed by atoms with Crippen LogP contribution in [-0.4, -0.2) is 19.3 Å². The Balaban J connectivity index is 2.44. The van der Waals surface area contributed by atoms with Crippen LogP contribution in [0, 0.1) is 0 Å². The topological polar surface area (TPSA) is 64.7 Å². The van der Waals surface area contributed by atoms with Gasteiger partial charge in [0.2, 0.25) is 0 Å². The maximum atomic E-state index is 12.8. The van der Waals surface area contributed by atoms with E-state index in [0.717, 1.165) is 16.7 Å². The van der Waals surface area contributed by atoms with Crippen LogP contribution in [-0.2, 0) is 16.4 Å². The summed E-state index contributed by atoms with van der Waals surface area (Å²) in [5.41, 5.74) is 9.26. The van der Waals surface area contributed by atoms with E-state index in [1.807, 2.05) is 66.7 Å². The van der Waals surface area contributed by atoms with Gasteiger partial charge in [-0.3, -0.25) is 0 Å². The Bertz CT molecular complexity index is 1060. The van der Waals surface area contributed by atoms with Crippen molar-refractivity contribution in [1.82, 2.24) is 0 Å². The fourth-order valence-electron chi connectivity index (χ4n) is 4.33. The molecule has 0 heterocycles. The molecule has 0 saturated heterocycles. The van der Waals surface area contributed by atoms with Gasteiger partial charge in [-0.15, -0.1) is 0 Å². The molecular weight excluding hydrogens is 422 g/mol. The van der Waals surface area contributed by atoms with Gasteiger partial charge in [-0.2, -0.15) is 0 Å². The van der Waals surface area contributed by atoms with Gasteiger partial charge >= 0.3 is 0 Å². The zero-order valence-corrected chi connectivity index (χ0v) is 21.8. The van der Waals surface area contributed by atoms with E-state index < -0.39 is 11.6 Å². The predicted molar refractivity (Wildman–Crippen MR) is 140 cm³/mol. The molecule has 0 aliphatic heterocycles. The molecule has 0 spiro atoms. The summed E-state index contributed by atoms with van der Waals surface area (Å²) in [5, 5.41) is 12.8. The van der Waals surface area contributed by atoms with E-state index in [-0.39, 0.29) is 10.8 Å². The number of ether oxygens (including phenoxy) is 2. The van der Waals surface area contributed by atoms with E-state index in [9.17, 15) is 5.11 Å². The highest BCUT2D eigenvalue weighted by Crippen LogP contribution is 2.48. The summed E-state index contributed by atoms with van der Waals surface area (Å²) in [6.07, 6.45) is 0. The predicted octanol–water partition coefficient (Wildman–Crippen LogP) is 6.23. The molecule has 0 amide bonds. The highest BCUT2D eigenvalue weighted by atomic mass is 16.5. The third kappa shape index (κ3) is 4.84. The number of hydrogen-bond acceptors (Lipinski definition) is 4. The second kappa shape index (κ2) is 9.44. The van der Waals surface area contributed by atoms with Crippen LogP contribution in [0.5, 0.6) is 11.5 Å². The molecule has 0 saturated carbocycles. The fraction of sp³-hybridized carbons (Fsp3) is 0.400. The number of nitrogens with two attached hydrogens (primary N) is 1. The van der Waals surface area contributed by atoms with E-state index in [1.165, 1.54) is 0 Å². The summed E-state index contributed by atoms with van der Waals surface area (Å²) in [7, 11) is 3.24. The van der Waals surface area contributed by atoms with Gasteiger partial charge in [0.1, 0.15) is 17.1 Å². The lowest BCUT2D eigenvalue weighted by atomic mass is 9.73. The molecule has 3 aromatic carbocycles. The van der Waals surface area contributed by atoms with Gasteiger partial charge in [-0.1, -0.05) is 84.0 Å². The summed E-state index contributed by atoms with van der Waals surface area (Å²) in [6.45, 7) is 12.9. The lowest BCUT2D eigenvalue weighted by Gasteiger charge is -2.38. The molecule has 3 aromatic rings. The van der Waals surface area contributed by atoms with Gasteiger partial charge < -0.3 is 20.3 Å². The summed E-state index contributed by atoms with van der Waals surface area (Å²) in [5.74, 6) is 1.15. The lowest BCUT2D eigenvalue weighted by molar-refractivity contribution is 0.0459. The molecule has 0 radical (unpaired) electrons. The molecule has 0 bridgehead atoms. The molecule has 4 nitrogen and oxygen atoms in total. The number of aliphatic hydroxyl groups is 1. The molecule has 3 rings (SSSR count). The van der Waals surface area contributed by atoms with E-state index in [4.69, 9.17) is 15.2 Å². The Morgan fingerprint density at radius 2 is 1.09 bits per heavy atom. The fourth-order valence-corrected chi connectivity index (χ4v) is 4.33. The van der Waals surface area contributed by atoms with Crippen molar-refractivity contribution in [3.05, 3.63) is 94.5 Å². The number of benzene rings is 3. The normalized spacial score (nSPS) is 13.5. The van der Waals surface area contributed by atoms with Crippen molar-refractivity contribution < 1.29 is 14.6 Å². The molecule has 1 atom stereocenters. The molecule has 0 fully saturated rings. The number of hydrogen-bond donors (Lipinski definition) is 2. The van der Waals surface area contributed by atoms with Crippen LogP contribution in [0.1, 0.15) is 75.4 Å². The van der Waals surface area contributed by atoms with Gasteiger partial charge in [-0.05, 0) is 51.8 Å². The highest BCUT2D eigenvalue weighted by molar-refractivity contribution is 5.55. The van der Waals surface area contributed by atoms with E-state index in [0.29, 0.717) is 22.6 Å². The number of methoxy groups -OCH3 is 2. The van der Waals surface area contributed by atoms with Gasteiger partial charge in [-0.25, -0.2) is 0 Å². The minimum Gasteiger partial charge on any atom is -0.496 e. The Kier molecular flexibility index (Phi) is 7.16. The zero-order chi connectivity index (χ0) is 25.3. The van der Waals surface area contributed by atoms with Crippen LogP contribution in [0.4, 0.5) is 0 Å². The molecule has 4 heteroatoms. The van der Waals surface area contributed by atoms with Crippen LogP contribution in [0.3, 0.4) is 0 Å². The maximum Gasteiger partial charge on any atom is 0.141 e. The van der Waals surface area contributed by atoms with E-state index >= 15 is 0 Å². The van der Waals surface area contributed by atoms with Crippen LogP contribution in [0.15, 0.2) is 66.7 Å². The first-order valence-corrected chi connectivity index (χ1v) is 11.7. The summed E-state index contributed by atoms with van der Waals surface area (Å²) >= 11 is 0. The SMILES string of the molecule is COc1ccc(C(C)(C)C)cc1C(O)(c1cc(C(C)(C)C)ccc1OC)C(N)c1ccccc1. The summed E-state index contributed by atoms with van der Waals surface area (Å²) in [4.78, 5) is 0. The number of rotatable bonds is 6. The quantitative estimate of drug-likeness (QED) is 0.456. The van der Waals surface area contributed by atoms with Crippen LogP contribution >= 0.6 is 0 Å². The second-order valence-electron chi connectivity index (χ2n) is 11.0. The first-order chi connectivity index (χ1) is 15.8. The molecular formula is C30H39NO3. The average Bonchev–Trinajstić information content (AvgIpc) is 2.81. The molecule has 182 valence electrons. The largest absolute Gasteiger partial charge is 0.496 e. The summed E-state index contributed by atoms with van der Waals surface area (Å²) < 4.78 is 11.6. The average molecular weight is 462 g/mol. The Morgan fingerprint density at radius 3 is 1.44 bits per heavy atom. The monoisotopic (exact) mass is 461 g/mol. The van der Waals surface area contributed by atoms with Crippen LogP contribution in [0.2, 0.25) is 0 Å². The van der Waals surface area contributed by atoms with Crippen molar-refractivity contribution in [2.45, 2.75) is 64.0 Å². The smallest absolute Gasteiger partial charge is 0.141 e. The van der Waals surface area contributed by atoms with Gasteiger partial charge in [0, 0.05) is 11.1 Å². The molecule has 1 unspecified atom stereocenters. The van der Waals surface area contributed by atoms with Crippen molar-refractivity contribution in [2.75, 3.05) is 14.2 Å². The third-order valence-electron chi connectivity index (χ3n) is 6.56.